The molecule has 0 bridgehead atoms. The molecule has 2 saturated heterocycles. The maximum Gasteiger partial charge on any atom is 0.322 e. The largest absolute Gasteiger partial charge is 0.480 e. The minimum Gasteiger partial charge on any atom is -0.480 e. The van der Waals surface area contributed by atoms with Gasteiger partial charge in [0.25, 0.3) is 5.91 Å². The highest BCUT2D eigenvalue weighted by Crippen LogP contribution is 2.26. The van der Waals surface area contributed by atoms with Gasteiger partial charge in [-0.1, -0.05) is 0 Å². The van der Waals surface area contributed by atoms with Crippen LogP contribution in [0.15, 0.2) is 29.2 Å². The summed E-state index contributed by atoms with van der Waals surface area (Å²) in [6, 6.07) is 4.63. The number of aliphatic carboxylic acids is 1. The minimum atomic E-state index is -3.89. The molecule has 1 amide bonds. The molecule has 0 radical (unpaired) electrons. The standard InChI is InChI=1S/C16H20N2O6S/c19-15(17-8-10-24-11-9-17)12-3-5-13(6-4-12)25(22,23)18-7-1-2-14(18)16(20)21/h3-6,14H,1-2,7-11H2,(H,20,21)/t14-/m1/s1. The molecule has 0 aliphatic carbocycles. The van der Waals surface area contributed by atoms with Crippen LogP contribution >= 0.6 is 0 Å². The van der Waals surface area contributed by atoms with Crippen LogP contribution in [0.1, 0.15) is 23.2 Å². The number of morpholine rings is 1. The molecular formula is C16H20N2O6S. The van der Waals surface area contributed by atoms with E-state index in [0.717, 1.165) is 4.31 Å². The first-order valence-electron chi connectivity index (χ1n) is 8.13. The van der Waals surface area contributed by atoms with Crippen LogP contribution in [-0.2, 0) is 19.6 Å². The van der Waals surface area contributed by atoms with Crippen molar-refractivity contribution in [2.24, 2.45) is 0 Å². The fourth-order valence-corrected chi connectivity index (χ4v) is 4.78. The Labute approximate surface area is 146 Å². The van der Waals surface area contributed by atoms with E-state index in [1.807, 2.05) is 0 Å². The van der Waals surface area contributed by atoms with Crippen LogP contribution < -0.4 is 0 Å². The first-order valence-corrected chi connectivity index (χ1v) is 9.57. The van der Waals surface area contributed by atoms with Gasteiger partial charge in [0.1, 0.15) is 6.04 Å². The monoisotopic (exact) mass is 368 g/mol. The van der Waals surface area contributed by atoms with Gasteiger partial charge in [-0.2, -0.15) is 4.31 Å². The van der Waals surface area contributed by atoms with E-state index in [1.54, 1.807) is 4.90 Å². The van der Waals surface area contributed by atoms with Crippen molar-refractivity contribution in [1.82, 2.24) is 9.21 Å². The van der Waals surface area contributed by atoms with Gasteiger partial charge in [-0.25, -0.2) is 8.42 Å². The summed E-state index contributed by atoms with van der Waals surface area (Å²) in [6.07, 6.45) is 0.825. The Hall–Kier alpha value is -1.97. The Kier molecular flexibility index (Phi) is 5.07. The molecule has 0 aromatic heterocycles. The molecule has 2 heterocycles. The van der Waals surface area contributed by atoms with Crippen LogP contribution in [0, 0.1) is 0 Å². The van der Waals surface area contributed by atoms with Gasteiger partial charge < -0.3 is 14.7 Å². The third-order valence-corrected chi connectivity index (χ3v) is 6.42. The van der Waals surface area contributed by atoms with Crippen LogP contribution in [0.25, 0.3) is 0 Å². The smallest absolute Gasteiger partial charge is 0.322 e. The number of hydrogen-bond acceptors (Lipinski definition) is 5. The zero-order valence-corrected chi connectivity index (χ0v) is 14.4. The van der Waals surface area contributed by atoms with Crippen LogP contribution in [0.4, 0.5) is 0 Å². The summed E-state index contributed by atoms with van der Waals surface area (Å²) in [7, 11) is -3.89. The molecule has 1 aromatic rings. The molecule has 25 heavy (non-hydrogen) atoms. The molecule has 136 valence electrons. The van der Waals surface area contributed by atoms with Gasteiger partial charge in [0, 0.05) is 25.2 Å². The number of nitrogens with zero attached hydrogens (tertiary/aromatic N) is 2. The summed E-state index contributed by atoms with van der Waals surface area (Å²) in [5, 5.41) is 9.19. The fourth-order valence-electron chi connectivity index (χ4n) is 3.13. The van der Waals surface area contributed by atoms with Gasteiger partial charge in [0.2, 0.25) is 10.0 Å². The van der Waals surface area contributed by atoms with E-state index in [1.165, 1.54) is 24.3 Å². The van der Waals surface area contributed by atoms with Crippen molar-refractivity contribution in [2.75, 3.05) is 32.8 Å². The van der Waals surface area contributed by atoms with E-state index in [2.05, 4.69) is 0 Å². The summed E-state index contributed by atoms with van der Waals surface area (Å²) >= 11 is 0. The summed E-state index contributed by atoms with van der Waals surface area (Å²) in [5.41, 5.74) is 0.400. The molecule has 2 aliphatic rings. The first-order chi connectivity index (χ1) is 11.9. The van der Waals surface area contributed by atoms with E-state index in [0.29, 0.717) is 44.7 Å². The Morgan fingerprint density at radius 1 is 1.08 bits per heavy atom. The predicted molar refractivity (Wildman–Crippen MR) is 87.7 cm³/mol. The maximum absolute atomic E-state index is 12.7. The third-order valence-electron chi connectivity index (χ3n) is 4.49. The number of carboxylic acids is 1. The summed E-state index contributed by atoms with van der Waals surface area (Å²) in [5.74, 6) is -1.31. The number of ether oxygens (including phenoxy) is 1. The number of carbonyl (C=O) groups is 2. The highest BCUT2D eigenvalue weighted by atomic mass is 32.2. The second-order valence-corrected chi connectivity index (χ2v) is 7.93. The van der Waals surface area contributed by atoms with Crippen LogP contribution in [0.3, 0.4) is 0 Å². The molecule has 0 unspecified atom stereocenters. The van der Waals surface area contributed by atoms with E-state index in [4.69, 9.17) is 4.74 Å². The second kappa shape index (κ2) is 7.11. The lowest BCUT2D eigenvalue weighted by Crippen LogP contribution is -2.41. The van der Waals surface area contributed by atoms with Crippen molar-refractivity contribution >= 4 is 21.9 Å². The molecule has 3 rings (SSSR count). The van der Waals surface area contributed by atoms with Crippen molar-refractivity contribution in [1.29, 1.82) is 0 Å². The SMILES string of the molecule is O=C(O)[C@H]1CCCN1S(=O)(=O)c1ccc(C(=O)N2CCOCC2)cc1. The van der Waals surface area contributed by atoms with Crippen LogP contribution in [-0.4, -0.2) is 73.5 Å². The summed E-state index contributed by atoms with van der Waals surface area (Å²) in [4.78, 5) is 25.3. The summed E-state index contributed by atoms with van der Waals surface area (Å²) in [6.45, 7) is 2.18. The molecule has 1 atom stereocenters. The Morgan fingerprint density at radius 2 is 1.72 bits per heavy atom. The van der Waals surface area contributed by atoms with Gasteiger partial charge in [-0.15, -0.1) is 0 Å². The number of sulfonamides is 1. The van der Waals surface area contributed by atoms with Crippen molar-refractivity contribution < 1.29 is 27.9 Å². The van der Waals surface area contributed by atoms with E-state index in [-0.39, 0.29) is 17.3 Å². The highest BCUT2D eigenvalue weighted by Gasteiger charge is 2.39. The van der Waals surface area contributed by atoms with Crippen molar-refractivity contribution in [3.63, 3.8) is 0 Å². The van der Waals surface area contributed by atoms with Crippen molar-refractivity contribution in [3.8, 4) is 0 Å². The van der Waals surface area contributed by atoms with E-state index in [9.17, 15) is 23.1 Å². The van der Waals surface area contributed by atoms with Crippen LogP contribution in [0.5, 0.6) is 0 Å². The van der Waals surface area contributed by atoms with E-state index >= 15 is 0 Å². The number of hydrogen-bond donors (Lipinski definition) is 1. The third kappa shape index (κ3) is 3.53. The zero-order chi connectivity index (χ0) is 18.0. The maximum atomic E-state index is 12.7. The predicted octanol–water partition coefficient (Wildman–Crippen LogP) is 0.397. The number of benzene rings is 1. The van der Waals surface area contributed by atoms with E-state index < -0.39 is 22.0 Å². The number of rotatable bonds is 4. The Morgan fingerprint density at radius 3 is 2.32 bits per heavy atom. The first kappa shape index (κ1) is 17.8. The highest BCUT2D eigenvalue weighted by molar-refractivity contribution is 7.89. The number of carbonyl (C=O) groups excluding carboxylic acids is 1. The lowest BCUT2D eigenvalue weighted by Gasteiger charge is -2.27. The van der Waals surface area contributed by atoms with Crippen LogP contribution in [0.2, 0.25) is 0 Å². The molecule has 1 N–H and O–H groups in total. The average molecular weight is 368 g/mol. The molecule has 0 saturated carbocycles. The quantitative estimate of drug-likeness (QED) is 0.825. The average Bonchev–Trinajstić information content (AvgIpc) is 3.13. The second-order valence-electron chi connectivity index (χ2n) is 6.04. The number of amides is 1. The molecule has 8 nitrogen and oxygen atoms in total. The minimum absolute atomic E-state index is 0.000762. The Bertz CT molecular complexity index is 755. The molecular weight excluding hydrogens is 348 g/mol. The van der Waals surface area contributed by atoms with Gasteiger partial charge in [-0.3, -0.25) is 9.59 Å². The molecule has 0 spiro atoms. The number of carboxylic acid groups (broad SMARTS) is 1. The van der Waals surface area contributed by atoms with Gasteiger partial charge in [-0.05, 0) is 37.1 Å². The Balaban J connectivity index is 1.79. The van der Waals surface area contributed by atoms with Gasteiger partial charge >= 0.3 is 5.97 Å². The topological polar surface area (TPSA) is 104 Å². The van der Waals surface area contributed by atoms with Gasteiger partial charge in [0.15, 0.2) is 0 Å². The normalized spacial score (nSPS) is 22.1. The van der Waals surface area contributed by atoms with Crippen molar-refractivity contribution in [3.05, 3.63) is 29.8 Å². The molecule has 9 heteroatoms. The molecule has 1 aromatic carbocycles. The lowest BCUT2D eigenvalue weighted by atomic mass is 10.2. The molecule has 2 aliphatic heterocycles. The lowest BCUT2D eigenvalue weighted by molar-refractivity contribution is -0.140. The molecule has 2 fully saturated rings. The van der Waals surface area contributed by atoms with Gasteiger partial charge in [0.05, 0.1) is 18.1 Å². The summed E-state index contributed by atoms with van der Waals surface area (Å²) < 4.78 is 31.6. The zero-order valence-electron chi connectivity index (χ0n) is 13.6. The fraction of sp³-hybridized carbons (Fsp3) is 0.500. The van der Waals surface area contributed by atoms with Crippen molar-refractivity contribution in [2.45, 2.75) is 23.8 Å².